The standard InChI is InChI=1S/C23H36O4/c1-23(2,14-7-5-4-6-8-14)15-9-10-16-17-12-21(26-3)19(24)13-20(17)27-22(25)18(16)11-15/h11,14,16-18,20,22,24-25H,4-10,12-13H2,1-3H3/t16-,17?,18?,20+,22?/m1/s1. The third-order valence-corrected chi connectivity index (χ3v) is 8.14. The molecule has 5 atom stereocenters. The summed E-state index contributed by atoms with van der Waals surface area (Å²) in [5, 5.41) is 20.9. The second-order valence-electron chi connectivity index (χ2n) is 9.74. The van der Waals surface area contributed by atoms with Crippen LogP contribution in [0.3, 0.4) is 0 Å². The van der Waals surface area contributed by atoms with E-state index in [2.05, 4.69) is 19.9 Å². The molecule has 0 spiro atoms. The van der Waals surface area contributed by atoms with Gasteiger partial charge in [-0.15, -0.1) is 0 Å². The van der Waals surface area contributed by atoms with Gasteiger partial charge in [-0.1, -0.05) is 44.8 Å². The maximum absolute atomic E-state index is 10.8. The van der Waals surface area contributed by atoms with Gasteiger partial charge in [0.1, 0.15) is 11.5 Å². The van der Waals surface area contributed by atoms with E-state index in [0.29, 0.717) is 24.0 Å². The van der Waals surface area contributed by atoms with Crippen molar-refractivity contribution in [1.82, 2.24) is 0 Å². The summed E-state index contributed by atoms with van der Waals surface area (Å²) in [7, 11) is 1.63. The number of ether oxygens (including phenoxy) is 2. The fraction of sp³-hybridized carbons (Fsp3) is 0.826. The van der Waals surface area contributed by atoms with Crippen molar-refractivity contribution < 1.29 is 19.7 Å². The van der Waals surface area contributed by atoms with Gasteiger partial charge in [0.2, 0.25) is 0 Å². The number of allylic oxidation sites excluding steroid dienone is 2. The SMILES string of the molecule is COC1=C(O)C[C@@H]2OC(O)C3C=C(C(C)(C)C4CCCCC4)CC[C@@H]3C2C1. The summed E-state index contributed by atoms with van der Waals surface area (Å²) < 4.78 is 11.4. The molecule has 3 unspecified atom stereocenters. The van der Waals surface area contributed by atoms with Gasteiger partial charge in [-0.3, -0.25) is 0 Å². The van der Waals surface area contributed by atoms with Crippen molar-refractivity contribution >= 4 is 0 Å². The number of hydrogen-bond donors (Lipinski definition) is 2. The first kappa shape index (κ1) is 19.3. The Kier molecular flexibility index (Phi) is 5.32. The highest BCUT2D eigenvalue weighted by atomic mass is 16.6. The molecule has 27 heavy (non-hydrogen) atoms. The van der Waals surface area contributed by atoms with Crippen LogP contribution in [0.5, 0.6) is 0 Å². The summed E-state index contributed by atoms with van der Waals surface area (Å²) in [6, 6.07) is 0. The van der Waals surface area contributed by atoms with Crippen LogP contribution in [0.2, 0.25) is 0 Å². The van der Waals surface area contributed by atoms with Crippen molar-refractivity contribution in [3.63, 3.8) is 0 Å². The number of fused-ring (bicyclic) bond motifs is 3. The van der Waals surface area contributed by atoms with Crippen LogP contribution in [0, 0.1) is 29.1 Å². The minimum Gasteiger partial charge on any atom is -0.509 e. The zero-order valence-corrected chi connectivity index (χ0v) is 17.1. The predicted molar refractivity (Wildman–Crippen MR) is 105 cm³/mol. The summed E-state index contributed by atoms with van der Waals surface area (Å²) in [5.41, 5.74) is 1.74. The second kappa shape index (κ2) is 7.44. The maximum atomic E-state index is 10.8. The molecule has 0 aromatic rings. The highest BCUT2D eigenvalue weighted by Crippen LogP contribution is 2.53. The van der Waals surface area contributed by atoms with Crippen molar-refractivity contribution in [2.45, 2.75) is 84.0 Å². The maximum Gasteiger partial charge on any atom is 0.161 e. The first-order valence-electron chi connectivity index (χ1n) is 10.9. The van der Waals surface area contributed by atoms with E-state index in [1.54, 1.807) is 7.11 Å². The number of aliphatic hydroxyl groups excluding tert-OH is 2. The van der Waals surface area contributed by atoms with E-state index in [9.17, 15) is 10.2 Å². The molecule has 0 bridgehead atoms. The van der Waals surface area contributed by atoms with Gasteiger partial charge in [-0.2, -0.15) is 0 Å². The van der Waals surface area contributed by atoms with Crippen LogP contribution in [0.25, 0.3) is 0 Å². The third-order valence-electron chi connectivity index (χ3n) is 8.14. The van der Waals surface area contributed by atoms with E-state index in [4.69, 9.17) is 9.47 Å². The summed E-state index contributed by atoms with van der Waals surface area (Å²) >= 11 is 0. The number of rotatable bonds is 3. The van der Waals surface area contributed by atoms with Crippen LogP contribution in [-0.2, 0) is 9.47 Å². The molecule has 2 N–H and O–H groups in total. The van der Waals surface area contributed by atoms with E-state index in [0.717, 1.165) is 25.2 Å². The Bertz CT molecular complexity index is 614. The second-order valence-corrected chi connectivity index (χ2v) is 9.74. The lowest BCUT2D eigenvalue weighted by Gasteiger charge is -2.50. The topological polar surface area (TPSA) is 58.9 Å². The molecular formula is C23H36O4. The number of aliphatic hydroxyl groups is 2. The van der Waals surface area contributed by atoms with Crippen molar-refractivity contribution in [2.24, 2.45) is 29.1 Å². The minimum absolute atomic E-state index is 0.0659. The molecule has 0 aromatic carbocycles. The molecule has 1 heterocycles. The minimum atomic E-state index is -0.759. The van der Waals surface area contributed by atoms with E-state index in [-0.39, 0.29) is 23.2 Å². The summed E-state index contributed by atoms with van der Waals surface area (Å²) in [4.78, 5) is 0. The zero-order valence-electron chi connectivity index (χ0n) is 17.1. The summed E-state index contributed by atoms with van der Waals surface area (Å²) in [6.07, 6.45) is 11.7. The van der Waals surface area contributed by atoms with Crippen molar-refractivity contribution in [3.05, 3.63) is 23.2 Å². The molecule has 0 radical (unpaired) electrons. The molecule has 4 aliphatic rings. The van der Waals surface area contributed by atoms with E-state index < -0.39 is 6.29 Å². The molecule has 3 aliphatic carbocycles. The highest BCUT2D eigenvalue weighted by Gasteiger charge is 2.49. The average molecular weight is 377 g/mol. The fourth-order valence-electron chi connectivity index (χ4n) is 6.34. The molecule has 4 nitrogen and oxygen atoms in total. The van der Waals surface area contributed by atoms with Crippen LogP contribution in [0.1, 0.15) is 71.6 Å². The molecule has 2 fully saturated rings. The first-order chi connectivity index (χ1) is 12.9. The van der Waals surface area contributed by atoms with Crippen molar-refractivity contribution in [3.8, 4) is 0 Å². The Morgan fingerprint density at radius 3 is 2.52 bits per heavy atom. The van der Waals surface area contributed by atoms with Gasteiger partial charge < -0.3 is 19.7 Å². The normalized spacial score (nSPS) is 38.1. The number of hydrogen-bond acceptors (Lipinski definition) is 4. The lowest BCUT2D eigenvalue weighted by Crippen LogP contribution is -2.50. The molecule has 0 aromatic heterocycles. The van der Waals surface area contributed by atoms with Gasteiger partial charge in [0.15, 0.2) is 6.29 Å². The Morgan fingerprint density at radius 2 is 1.81 bits per heavy atom. The Balaban J connectivity index is 1.56. The highest BCUT2D eigenvalue weighted by molar-refractivity contribution is 5.22. The van der Waals surface area contributed by atoms with Crippen LogP contribution in [-0.4, -0.2) is 29.7 Å². The average Bonchev–Trinajstić information content (AvgIpc) is 2.68. The smallest absolute Gasteiger partial charge is 0.161 e. The lowest BCUT2D eigenvalue weighted by atomic mass is 9.60. The van der Waals surface area contributed by atoms with E-state index in [1.165, 1.54) is 37.7 Å². The molecule has 1 saturated heterocycles. The fourth-order valence-corrected chi connectivity index (χ4v) is 6.34. The van der Waals surface area contributed by atoms with Crippen LogP contribution in [0.15, 0.2) is 23.2 Å². The Morgan fingerprint density at radius 1 is 1.07 bits per heavy atom. The molecule has 152 valence electrons. The Hall–Kier alpha value is -1.00. The third kappa shape index (κ3) is 3.44. The van der Waals surface area contributed by atoms with Gasteiger partial charge in [0.05, 0.1) is 13.2 Å². The predicted octanol–water partition coefficient (Wildman–Crippen LogP) is 5.09. The first-order valence-corrected chi connectivity index (χ1v) is 10.9. The van der Waals surface area contributed by atoms with Gasteiger partial charge >= 0.3 is 0 Å². The van der Waals surface area contributed by atoms with Crippen LogP contribution in [0.4, 0.5) is 0 Å². The molecule has 1 saturated carbocycles. The Labute approximate surface area is 163 Å². The van der Waals surface area contributed by atoms with E-state index in [1.807, 2.05) is 0 Å². The van der Waals surface area contributed by atoms with Gasteiger partial charge in [-0.05, 0) is 48.9 Å². The summed E-state index contributed by atoms with van der Waals surface area (Å²) in [6.45, 7) is 4.83. The van der Waals surface area contributed by atoms with Gasteiger partial charge in [-0.25, -0.2) is 0 Å². The van der Waals surface area contributed by atoms with Crippen LogP contribution >= 0.6 is 0 Å². The van der Waals surface area contributed by atoms with Crippen LogP contribution < -0.4 is 0 Å². The van der Waals surface area contributed by atoms with Gasteiger partial charge in [0, 0.05) is 18.8 Å². The largest absolute Gasteiger partial charge is 0.509 e. The molecule has 4 rings (SSSR count). The van der Waals surface area contributed by atoms with Crippen molar-refractivity contribution in [1.29, 1.82) is 0 Å². The summed E-state index contributed by atoms with van der Waals surface area (Å²) in [5.74, 6) is 2.54. The van der Waals surface area contributed by atoms with Crippen molar-refractivity contribution in [2.75, 3.05) is 7.11 Å². The quantitative estimate of drug-likeness (QED) is 0.674. The zero-order chi connectivity index (χ0) is 19.2. The number of methoxy groups -OCH3 is 1. The lowest BCUT2D eigenvalue weighted by molar-refractivity contribution is -0.230. The molecular weight excluding hydrogens is 340 g/mol. The van der Waals surface area contributed by atoms with E-state index >= 15 is 0 Å². The monoisotopic (exact) mass is 376 g/mol. The molecule has 4 heteroatoms. The van der Waals surface area contributed by atoms with Gasteiger partial charge in [0.25, 0.3) is 0 Å². The molecule has 1 aliphatic heterocycles. The molecule has 0 amide bonds.